The van der Waals surface area contributed by atoms with E-state index in [-0.39, 0.29) is 18.4 Å². The number of aliphatic hydroxyl groups excluding tert-OH is 1. The molecule has 1 fully saturated rings. The molecule has 0 bridgehead atoms. The fraction of sp³-hybridized carbons (Fsp3) is 0.625. The number of amides is 1. The number of hydrogen-bond acceptors (Lipinski definition) is 3. The number of carbonyl (C=O) groups excluding carboxylic acids is 1. The minimum Gasteiger partial charge on any atom is -0.396 e. The summed E-state index contributed by atoms with van der Waals surface area (Å²) in [4.78, 5) is 16.5. The largest absolute Gasteiger partial charge is 0.396 e. The van der Waals surface area contributed by atoms with Crippen LogP contribution in [0.25, 0.3) is 0 Å². The fourth-order valence-electron chi connectivity index (χ4n) is 2.89. The van der Waals surface area contributed by atoms with Crippen LogP contribution in [0.4, 0.5) is 0 Å². The van der Waals surface area contributed by atoms with Crippen LogP contribution in [-0.4, -0.2) is 29.1 Å². The Kier molecular flexibility index (Phi) is 5.59. The molecule has 0 aliphatic heterocycles. The van der Waals surface area contributed by atoms with Crippen molar-refractivity contribution in [1.82, 2.24) is 10.3 Å². The Hall–Kier alpha value is -1.13. The molecule has 0 spiro atoms. The van der Waals surface area contributed by atoms with Gasteiger partial charge >= 0.3 is 0 Å². The molecule has 1 amide bonds. The molecule has 4 nitrogen and oxygen atoms in total. The Morgan fingerprint density at radius 1 is 1.43 bits per heavy atom. The Bertz CT molecular complexity index is 505. The van der Waals surface area contributed by atoms with Crippen LogP contribution in [-0.2, 0) is 0 Å². The molecule has 1 saturated carbocycles. The van der Waals surface area contributed by atoms with Gasteiger partial charge in [-0.3, -0.25) is 4.79 Å². The van der Waals surface area contributed by atoms with Crippen LogP contribution < -0.4 is 5.32 Å². The first-order valence-electron chi connectivity index (χ1n) is 7.57. The van der Waals surface area contributed by atoms with Crippen molar-refractivity contribution in [2.75, 3.05) is 13.2 Å². The van der Waals surface area contributed by atoms with Gasteiger partial charge in [0.1, 0.15) is 5.15 Å². The van der Waals surface area contributed by atoms with Crippen LogP contribution in [0.1, 0.15) is 55.1 Å². The summed E-state index contributed by atoms with van der Waals surface area (Å²) in [6.45, 7) is 4.86. The molecular weight excluding hydrogens is 288 g/mol. The van der Waals surface area contributed by atoms with E-state index in [1.165, 1.54) is 0 Å². The van der Waals surface area contributed by atoms with Gasteiger partial charge in [-0.05, 0) is 42.7 Å². The molecule has 0 radical (unpaired) electrons. The standard InChI is InChI=1S/C16H23ClN2O2/c1-10(2)14-6-13(7-15(17)19-14)16(21)18-8-11-4-3-5-12(11)9-20/h6-7,10-12,20H,3-5,8-9H2,1-2H3,(H,18,21). The summed E-state index contributed by atoms with van der Waals surface area (Å²) < 4.78 is 0. The molecule has 1 aromatic rings. The van der Waals surface area contributed by atoms with Crippen LogP contribution in [0, 0.1) is 11.8 Å². The molecule has 116 valence electrons. The van der Waals surface area contributed by atoms with E-state index in [2.05, 4.69) is 10.3 Å². The number of hydrogen-bond donors (Lipinski definition) is 2. The number of carbonyl (C=O) groups is 1. The van der Waals surface area contributed by atoms with Gasteiger partial charge in [0.05, 0.1) is 0 Å². The van der Waals surface area contributed by atoms with Crippen LogP contribution in [0.3, 0.4) is 0 Å². The maximum atomic E-state index is 12.3. The van der Waals surface area contributed by atoms with Gasteiger partial charge in [0.25, 0.3) is 5.91 Å². The summed E-state index contributed by atoms with van der Waals surface area (Å²) in [7, 11) is 0. The zero-order valence-corrected chi connectivity index (χ0v) is 13.4. The smallest absolute Gasteiger partial charge is 0.251 e. The van der Waals surface area contributed by atoms with Crippen LogP contribution in [0.15, 0.2) is 12.1 Å². The fourth-order valence-corrected chi connectivity index (χ4v) is 3.11. The van der Waals surface area contributed by atoms with Crippen LogP contribution in [0.2, 0.25) is 5.15 Å². The number of pyridine rings is 1. The first-order valence-corrected chi connectivity index (χ1v) is 7.95. The maximum Gasteiger partial charge on any atom is 0.251 e. The van der Waals surface area contributed by atoms with Crippen molar-refractivity contribution in [3.8, 4) is 0 Å². The molecule has 1 aliphatic carbocycles. The van der Waals surface area contributed by atoms with Crippen molar-refractivity contribution in [3.63, 3.8) is 0 Å². The highest BCUT2D eigenvalue weighted by molar-refractivity contribution is 6.29. The summed E-state index contributed by atoms with van der Waals surface area (Å²) >= 11 is 5.99. The molecule has 2 unspecified atom stereocenters. The van der Waals surface area contributed by atoms with Crippen molar-refractivity contribution in [3.05, 3.63) is 28.5 Å². The molecule has 21 heavy (non-hydrogen) atoms. The predicted molar refractivity (Wildman–Crippen MR) is 83.6 cm³/mol. The predicted octanol–water partition coefficient (Wildman–Crippen LogP) is 3.00. The van der Waals surface area contributed by atoms with E-state index in [1.807, 2.05) is 13.8 Å². The number of rotatable bonds is 5. The monoisotopic (exact) mass is 310 g/mol. The molecule has 0 aromatic carbocycles. The Morgan fingerprint density at radius 2 is 2.14 bits per heavy atom. The number of nitrogens with one attached hydrogen (secondary N) is 1. The zero-order valence-electron chi connectivity index (χ0n) is 12.6. The third-order valence-electron chi connectivity index (χ3n) is 4.24. The van der Waals surface area contributed by atoms with Crippen LogP contribution in [0.5, 0.6) is 0 Å². The molecule has 1 aromatic heterocycles. The number of halogens is 1. The highest BCUT2D eigenvalue weighted by Crippen LogP contribution is 2.30. The second kappa shape index (κ2) is 7.23. The lowest BCUT2D eigenvalue weighted by molar-refractivity contribution is 0.0937. The summed E-state index contributed by atoms with van der Waals surface area (Å²) in [5.41, 5.74) is 1.37. The Morgan fingerprint density at radius 3 is 2.81 bits per heavy atom. The third-order valence-corrected chi connectivity index (χ3v) is 4.44. The summed E-state index contributed by atoms with van der Waals surface area (Å²) in [5, 5.41) is 12.6. The third kappa shape index (κ3) is 4.17. The highest BCUT2D eigenvalue weighted by atomic mass is 35.5. The van der Waals surface area contributed by atoms with E-state index in [1.54, 1.807) is 12.1 Å². The van der Waals surface area contributed by atoms with Gasteiger partial charge < -0.3 is 10.4 Å². The number of nitrogens with zero attached hydrogens (tertiary/aromatic N) is 1. The van der Waals surface area contributed by atoms with Gasteiger partial charge in [-0.25, -0.2) is 4.98 Å². The van der Waals surface area contributed by atoms with E-state index in [9.17, 15) is 9.90 Å². The molecule has 1 aliphatic rings. The summed E-state index contributed by atoms with van der Waals surface area (Å²) in [5.74, 6) is 0.798. The average molecular weight is 311 g/mol. The van der Waals surface area contributed by atoms with Crippen molar-refractivity contribution in [2.24, 2.45) is 11.8 Å². The SMILES string of the molecule is CC(C)c1cc(C(=O)NCC2CCCC2CO)cc(Cl)n1. The minimum absolute atomic E-state index is 0.121. The average Bonchev–Trinajstić information content (AvgIpc) is 2.91. The molecule has 5 heteroatoms. The minimum atomic E-state index is -0.121. The first kappa shape index (κ1) is 16.2. The maximum absolute atomic E-state index is 12.3. The van der Waals surface area contributed by atoms with Gasteiger partial charge in [0.2, 0.25) is 0 Å². The van der Waals surface area contributed by atoms with E-state index >= 15 is 0 Å². The topological polar surface area (TPSA) is 62.2 Å². The highest BCUT2D eigenvalue weighted by Gasteiger charge is 2.26. The Balaban J connectivity index is 2.00. The lowest BCUT2D eigenvalue weighted by Crippen LogP contribution is -2.31. The van der Waals surface area contributed by atoms with Crippen molar-refractivity contribution >= 4 is 17.5 Å². The van der Waals surface area contributed by atoms with Gasteiger partial charge in [0, 0.05) is 24.4 Å². The molecule has 1 heterocycles. The number of aliphatic hydroxyl groups is 1. The van der Waals surface area contributed by atoms with Gasteiger partial charge in [0.15, 0.2) is 0 Å². The quantitative estimate of drug-likeness (QED) is 0.822. The van der Waals surface area contributed by atoms with Crippen molar-refractivity contribution in [1.29, 1.82) is 0 Å². The second-order valence-corrected chi connectivity index (χ2v) is 6.49. The Labute approximate surface area is 130 Å². The number of aromatic nitrogens is 1. The zero-order chi connectivity index (χ0) is 15.4. The molecule has 0 saturated heterocycles. The summed E-state index contributed by atoms with van der Waals surface area (Å²) in [6.07, 6.45) is 3.25. The van der Waals surface area contributed by atoms with E-state index in [0.717, 1.165) is 25.0 Å². The van der Waals surface area contributed by atoms with Gasteiger partial charge in [-0.1, -0.05) is 31.9 Å². The van der Waals surface area contributed by atoms with Gasteiger partial charge in [-0.2, -0.15) is 0 Å². The lowest BCUT2D eigenvalue weighted by Gasteiger charge is -2.18. The second-order valence-electron chi connectivity index (χ2n) is 6.10. The van der Waals surface area contributed by atoms with Crippen LogP contribution >= 0.6 is 11.6 Å². The molecule has 2 atom stereocenters. The lowest BCUT2D eigenvalue weighted by atomic mass is 9.97. The molecule has 2 rings (SSSR count). The van der Waals surface area contributed by atoms with E-state index in [0.29, 0.717) is 29.1 Å². The summed E-state index contributed by atoms with van der Waals surface area (Å²) in [6, 6.07) is 3.39. The molecule has 2 N–H and O–H groups in total. The normalized spacial score (nSPS) is 21.8. The van der Waals surface area contributed by atoms with Gasteiger partial charge in [-0.15, -0.1) is 0 Å². The van der Waals surface area contributed by atoms with Crippen molar-refractivity contribution in [2.45, 2.75) is 39.0 Å². The van der Waals surface area contributed by atoms with E-state index < -0.39 is 0 Å². The van der Waals surface area contributed by atoms with E-state index in [4.69, 9.17) is 11.6 Å². The van der Waals surface area contributed by atoms with Crippen molar-refractivity contribution < 1.29 is 9.90 Å². The molecular formula is C16H23ClN2O2. The first-order chi connectivity index (χ1) is 10.0.